The molecule has 3 atom stereocenters. The highest BCUT2D eigenvalue weighted by atomic mass is 35.5. The van der Waals surface area contributed by atoms with Crippen molar-refractivity contribution in [2.75, 3.05) is 32.1 Å². The Morgan fingerprint density at radius 1 is 1.35 bits per heavy atom. The summed E-state index contributed by atoms with van der Waals surface area (Å²) in [5.74, 6) is 1.45. The van der Waals surface area contributed by atoms with Gasteiger partial charge in [-0.1, -0.05) is 12.8 Å². The van der Waals surface area contributed by atoms with E-state index in [0.717, 1.165) is 25.4 Å². The number of hydrogen-bond acceptors (Lipinski definition) is 4. The Labute approximate surface area is 131 Å². The second-order valence-corrected chi connectivity index (χ2v) is 7.13. The Morgan fingerprint density at radius 2 is 2.20 bits per heavy atom. The molecule has 0 aromatic rings. The molecule has 1 amide bonds. The molecule has 3 unspecified atom stereocenters. The molecule has 1 N–H and O–H groups in total. The Bertz CT molecular complexity index is 324. The van der Waals surface area contributed by atoms with Crippen LogP contribution < -0.4 is 5.32 Å². The minimum atomic E-state index is 0. The molecule has 1 aliphatic carbocycles. The Morgan fingerprint density at radius 3 is 3.00 bits per heavy atom. The van der Waals surface area contributed by atoms with E-state index in [1.807, 2.05) is 0 Å². The highest BCUT2D eigenvalue weighted by Gasteiger charge is 2.36. The van der Waals surface area contributed by atoms with Crippen LogP contribution in [0.5, 0.6) is 0 Å². The molecule has 6 heteroatoms. The zero-order chi connectivity index (χ0) is 13.1. The van der Waals surface area contributed by atoms with Crippen molar-refractivity contribution < 1.29 is 9.53 Å². The highest BCUT2D eigenvalue weighted by molar-refractivity contribution is 8.00. The van der Waals surface area contributed by atoms with Crippen molar-refractivity contribution in [1.82, 2.24) is 10.2 Å². The van der Waals surface area contributed by atoms with E-state index in [4.69, 9.17) is 4.74 Å². The number of carbonyl (C=O) groups is 1. The van der Waals surface area contributed by atoms with Gasteiger partial charge in [-0.3, -0.25) is 4.79 Å². The number of nitrogens with zero attached hydrogens (tertiary/aromatic N) is 1. The molecule has 0 spiro atoms. The Kier molecular flexibility index (Phi) is 6.46. The molecule has 0 radical (unpaired) electrons. The third-order valence-electron chi connectivity index (χ3n) is 4.47. The van der Waals surface area contributed by atoms with Gasteiger partial charge in [-0.25, -0.2) is 0 Å². The van der Waals surface area contributed by atoms with E-state index in [2.05, 4.69) is 22.0 Å². The summed E-state index contributed by atoms with van der Waals surface area (Å²) in [5, 5.41) is 4.08. The van der Waals surface area contributed by atoms with Gasteiger partial charge < -0.3 is 15.0 Å². The quantitative estimate of drug-likeness (QED) is 0.840. The maximum Gasteiger partial charge on any atom is 0.224 e. The molecule has 116 valence electrons. The predicted octanol–water partition coefficient (Wildman–Crippen LogP) is 1.67. The number of amides is 1. The fourth-order valence-corrected chi connectivity index (χ4v) is 4.93. The first kappa shape index (κ1) is 16.4. The van der Waals surface area contributed by atoms with Gasteiger partial charge in [0.15, 0.2) is 0 Å². The van der Waals surface area contributed by atoms with Crippen LogP contribution >= 0.6 is 24.2 Å². The molecule has 3 aliphatic rings. The van der Waals surface area contributed by atoms with Gasteiger partial charge in [-0.15, -0.1) is 12.4 Å². The second kappa shape index (κ2) is 7.87. The largest absolute Gasteiger partial charge is 0.378 e. The summed E-state index contributed by atoms with van der Waals surface area (Å²) in [6.07, 6.45) is 5.74. The van der Waals surface area contributed by atoms with Crippen LogP contribution in [0.4, 0.5) is 0 Å². The van der Waals surface area contributed by atoms with E-state index in [1.54, 1.807) is 0 Å². The zero-order valence-electron chi connectivity index (χ0n) is 11.9. The van der Waals surface area contributed by atoms with Crippen LogP contribution in [-0.4, -0.2) is 60.2 Å². The number of carbonyl (C=O) groups excluding carboxylic acids is 1. The summed E-state index contributed by atoms with van der Waals surface area (Å²) in [6.45, 7) is 3.27. The van der Waals surface area contributed by atoms with E-state index in [-0.39, 0.29) is 18.4 Å². The van der Waals surface area contributed by atoms with Crippen LogP contribution in [0.2, 0.25) is 0 Å². The SMILES string of the molecule is Cl.O=C(CC1COCCN1)N1CCSC2CCCCC21. The van der Waals surface area contributed by atoms with E-state index in [9.17, 15) is 4.79 Å². The van der Waals surface area contributed by atoms with Gasteiger partial charge in [0, 0.05) is 42.6 Å². The summed E-state index contributed by atoms with van der Waals surface area (Å²) in [5.41, 5.74) is 0. The fourth-order valence-electron chi connectivity index (χ4n) is 3.48. The summed E-state index contributed by atoms with van der Waals surface area (Å²) in [6, 6.07) is 0.724. The number of nitrogens with one attached hydrogen (secondary N) is 1. The van der Waals surface area contributed by atoms with Crippen LogP contribution in [0.15, 0.2) is 0 Å². The van der Waals surface area contributed by atoms with Crippen molar-refractivity contribution in [2.24, 2.45) is 0 Å². The van der Waals surface area contributed by atoms with Crippen LogP contribution in [-0.2, 0) is 9.53 Å². The van der Waals surface area contributed by atoms with Gasteiger partial charge in [0.1, 0.15) is 0 Å². The van der Waals surface area contributed by atoms with Gasteiger partial charge in [0.25, 0.3) is 0 Å². The number of hydrogen-bond donors (Lipinski definition) is 1. The van der Waals surface area contributed by atoms with E-state index >= 15 is 0 Å². The lowest BCUT2D eigenvalue weighted by atomic mass is 9.93. The predicted molar refractivity (Wildman–Crippen MR) is 84.7 cm³/mol. The summed E-state index contributed by atoms with van der Waals surface area (Å²) >= 11 is 2.08. The number of fused-ring (bicyclic) bond motifs is 1. The topological polar surface area (TPSA) is 41.6 Å². The minimum Gasteiger partial charge on any atom is -0.378 e. The van der Waals surface area contributed by atoms with Gasteiger partial charge in [0.2, 0.25) is 5.91 Å². The second-order valence-electron chi connectivity index (χ2n) is 5.78. The zero-order valence-corrected chi connectivity index (χ0v) is 13.5. The van der Waals surface area contributed by atoms with Crippen LogP contribution in [0, 0.1) is 0 Å². The van der Waals surface area contributed by atoms with Crippen LogP contribution in [0.3, 0.4) is 0 Å². The third-order valence-corrected chi connectivity index (χ3v) is 5.87. The molecule has 4 nitrogen and oxygen atoms in total. The van der Waals surface area contributed by atoms with Crippen molar-refractivity contribution in [2.45, 2.75) is 49.4 Å². The third kappa shape index (κ3) is 3.81. The lowest BCUT2D eigenvalue weighted by Crippen LogP contribution is -2.53. The summed E-state index contributed by atoms with van der Waals surface area (Å²) in [4.78, 5) is 14.7. The molecule has 3 fully saturated rings. The van der Waals surface area contributed by atoms with Crippen molar-refractivity contribution >= 4 is 30.1 Å². The Hall–Kier alpha value is 0.0300. The first-order chi connectivity index (χ1) is 9.34. The van der Waals surface area contributed by atoms with E-state index in [0.29, 0.717) is 30.2 Å². The van der Waals surface area contributed by atoms with Gasteiger partial charge in [0.05, 0.1) is 13.2 Å². The molecule has 0 aromatic heterocycles. The number of halogens is 1. The van der Waals surface area contributed by atoms with Crippen LogP contribution in [0.1, 0.15) is 32.1 Å². The minimum absolute atomic E-state index is 0. The molecule has 20 heavy (non-hydrogen) atoms. The molecular formula is C14H25ClN2O2S. The molecule has 2 saturated heterocycles. The molecule has 2 aliphatic heterocycles. The molecular weight excluding hydrogens is 296 g/mol. The standard InChI is InChI=1S/C14H24N2O2S.ClH/c17-14(9-11-10-18-7-5-15-11)16-6-8-19-13-4-2-1-3-12(13)16;/h11-13,15H,1-10H2;1H. The van der Waals surface area contributed by atoms with E-state index < -0.39 is 0 Å². The number of ether oxygens (including phenoxy) is 1. The van der Waals surface area contributed by atoms with Gasteiger partial charge >= 0.3 is 0 Å². The number of thioether (sulfide) groups is 1. The number of morpholine rings is 1. The lowest BCUT2D eigenvalue weighted by Gasteiger charge is -2.44. The molecule has 0 aromatic carbocycles. The van der Waals surface area contributed by atoms with Gasteiger partial charge in [-0.2, -0.15) is 11.8 Å². The fraction of sp³-hybridized carbons (Fsp3) is 0.929. The average molecular weight is 321 g/mol. The van der Waals surface area contributed by atoms with Gasteiger partial charge in [-0.05, 0) is 12.8 Å². The smallest absolute Gasteiger partial charge is 0.224 e. The monoisotopic (exact) mass is 320 g/mol. The Balaban J connectivity index is 0.00000147. The van der Waals surface area contributed by atoms with Crippen molar-refractivity contribution in [3.05, 3.63) is 0 Å². The van der Waals surface area contributed by atoms with Crippen molar-refractivity contribution in [3.63, 3.8) is 0 Å². The maximum absolute atomic E-state index is 12.5. The molecule has 2 heterocycles. The van der Waals surface area contributed by atoms with Crippen LogP contribution in [0.25, 0.3) is 0 Å². The summed E-state index contributed by atoms with van der Waals surface area (Å²) in [7, 11) is 0. The average Bonchev–Trinajstić information content (AvgIpc) is 2.47. The number of rotatable bonds is 2. The van der Waals surface area contributed by atoms with Crippen molar-refractivity contribution in [3.8, 4) is 0 Å². The summed E-state index contributed by atoms with van der Waals surface area (Å²) < 4.78 is 5.44. The highest BCUT2D eigenvalue weighted by Crippen LogP contribution is 2.35. The normalized spacial score (nSPS) is 34.0. The molecule has 0 bridgehead atoms. The maximum atomic E-state index is 12.5. The van der Waals surface area contributed by atoms with E-state index in [1.165, 1.54) is 25.7 Å². The lowest BCUT2D eigenvalue weighted by molar-refractivity contribution is -0.135. The molecule has 1 saturated carbocycles. The van der Waals surface area contributed by atoms with Crippen molar-refractivity contribution in [1.29, 1.82) is 0 Å². The molecule has 3 rings (SSSR count). The first-order valence-electron chi connectivity index (χ1n) is 7.57. The first-order valence-corrected chi connectivity index (χ1v) is 8.61.